The first-order valence-electron chi connectivity index (χ1n) is 13.6. The van der Waals surface area contributed by atoms with Crippen LogP contribution < -0.4 is 10.6 Å². The van der Waals surface area contributed by atoms with Crippen molar-refractivity contribution in [3.8, 4) is 0 Å². The Morgan fingerprint density at radius 2 is 1.69 bits per heavy atom. The second kappa shape index (κ2) is 13.7. The predicted octanol–water partition coefficient (Wildman–Crippen LogP) is 5.53. The van der Waals surface area contributed by atoms with Gasteiger partial charge in [-0.15, -0.1) is 0 Å². The summed E-state index contributed by atoms with van der Waals surface area (Å²) in [5.41, 5.74) is 1.30. The van der Waals surface area contributed by atoms with Gasteiger partial charge in [-0.1, -0.05) is 64.8 Å². The van der Waals surface area contributed by atoms with Crippen molar-refractivity contribution < 1.29 is 19.1 Å². The molecule has 2 rings (SSSR count). The summed E-state index contributed by atoms with van der Waals surface area (Å²) >= 11 is 0. The number of nitrogens with zero attached hydrogens (tertiary/aromatic N) is 1. The highest BCUT2D eigenvalue weighted by atomic mass is 16.6. The Hall–Kier alpha value is -2.57. The monoisotopic (exact) mass is 501 g/mol. The van der Waals surface area contributed by atoms with Crippen LogP contribution in [0.5, 0.6) is 0 Å². The Balaban J connectivity index is 2.38. The van der Waals surface area contributed by atoms with Gasteiger partial charge in [-0.2, -0.15) is 0 Å². The summed E-state index contributed by atoms with van der Waals surface area (Å²) in [6.45, 7) is 14.2. The summed E-state index contributed by atoms with van der Waals surface area (Å²) in [4.78, 5) is 42.0. The van der Waals surface area contributed by atoms with Crippen LogP contribution in [0.2, 0.25) is 0 Å². The normalized spacial score (nSPS) is 15.2. The molecule has 2 N–H and O–H groups in total. The van der Waals surface area contributed by atoms with E-state index in [0.29, 0.717) is 13.0 Å². The zero-order chi connectivity index (χ0) is 26.9. The average Bonchev–Trinajstić information content (AvgIpc) is 3.63. The third-order valence-corrected chi connectivity index (χ3v) is 6.20. The molecule has 2 atom stereocenters. The lowest BCUT2D eigenvalue weighted by Gasteiger charge is -2.35. The number of hydrogen-bond donors (Lipinski definition) is 2. The van der Waals surface area contributed by atoms with Crippen molar-refractivity contribution in [3.05, 3.63) is 35.4 Å². The van der Waals surface area contributed by atoms with E-state index in [4.69, 9.17) is 4.74 Å². The van der Waals surface area contributed by atoms with Crippen LogP contribution >= 0.6 is 0 Å². The maximum absolute atomic E-state index is 14.1. The number of benzene rings is 1. The highest BCUT2D eigenvalue weighted by Gasteiger charge is 2.44. The lowest BCUT2D eigenvalue weighted by atomic mass is 9.98. The van der Waals surface area contributed by atoms with Crippen LogP contribution in [0.3, 0.4) is 0 Å². The van der Waals surface area contributed by atoms with Crippen molar-refractivity contribution >= 4 is 17.9 Å². The number of nitrogens with one attached hydrogen (secondary N) is 2. The maximum Gasteiger partial charge on any atom is 0.408 e. The minimum atomic E-state index is -0.772. The van der Waals surface area contributed by atoms with Crippen LogP contribution in [-0.2, 0) is 20.7 Å². The van der Waals surface area contributed by atoms with E-state index in [1.807, 2.05) is 38.1 Å². The molecule has 0 heterocycles. The zero-order valence-corrected chi connectivity index (χ0v) is 23.4. The van der Waals surface area contributed by atoms with E-state index in [-0.39, 0.29) is 23.8 Å². The van der Waals surface area contributed by atoms with Crippen LogP contribution in [0.1, 0.15) is 104 Å². The number of aryl methyl sites for hydroxylation is 1. The molecule has 0 bridgehead atoms. The molecule has 36 heavy (non-hydrogen) atoms. The molecule has 0 radical (unpaired) electrons. The van der Waals surface area contributed by atoms with Gasteiger partial charge in [0.25, 0.3) is 0 Å². The summed E-state index contributed by atoms with van der Waals surface area (Å²) in [7, 11) is 0. The summed E-state index contributed by atoms with van der Waals surface area (Å²) in [5.74, 6) is -0.235. The number of hydrogen-bond acceptors (Lipinski definition) is 4. The highest BCUT2D eigenvalue weighted by molar-refractivity contribution is 5.92. The number of carbonyl (C=O) groups excluding carboxylic acids is 3. The Morgan fingerprint density at radius 1 is 1.06 bits per heavy atom. The third kappa shape index (κ3) is 9.47. The van der Waals surface area contributed by atoms with Crippen LogP contribution in [0, 0.1) is 5.92 Å². The van der Waals surface area contributed by atoms with Gasteiger partial charge in [0.1, 0.15) is 17.7 Å². The lowest BCUT2D eigenvalue weighted by molar-refractivity contribution is -0.143. The first-order valence-corrected chi connectivity index (χ1v) is 13.6. The Bertz CT molecular complexity index is 856. The number of ether oxygens (including phenoxy) is 1. The molecule has 2 unspecified atom stereocenters. The Labute approximate surface area is 217 Å². The van der Waals surface area contributed by atoms with Gasteiger partial charge in [-0.05, 0) is 69.9 Å². The molecule has 1 saturated carbocycles. The zero-order valence-electron chi connectivity index (χ0n) is 23.4. The van der Waals surface area contributed by atoms with Gasteiger partial charge in [0.2, 0.25) is 11.8 Å². The summed E-state index contributed by atoms with van der Waals surface area (Å²) < 4.78 is 5.45. The van der Waals surface area contributed by atoms with E-state index in [2.05, 4.69) is 24.5 Å². The van der Waals surface area contributed by atoms with Gasteiger partial charge >= 0.3 is 6.09 Å². The molecule has 7 heteroatoms. The van der Waals surface area contributed by atoms with Gasteiger partial charge in [0.05, 0.1) is 0 Å². The van der Waals surface area contributed by atoms with Crippen LogP contribution in [0.25, 0.3) is 0 Å². The van der Waals surface area contributed by atoms with Crippen LogP contribution in [-0.4, -0.2) is 47.0 Å². The summed E-state index contributed by atoms with van der Waals surface area (Å²) in [6, 6.07) is 6.41. The number of rotatable bonds is 13. The molecular formula is C29H47N3O4. The molecule has 1 aliphatic rings. The molecule has 0 aromatic heterocycles. The second-order valence-electron chi connectivity index (χ2n) is 11.3. The quantitative estimate of drug-likeness (QED) is 0.348. The molecule has 202 valence electrons. The van der Waals surface area contributed by atoms with Crippen LogP contribution in [0.15, 0.2) is 24.3 Å². The minimum Gasteiger partial charge on any atom is -0.444 e. The van der Waals surface area contributed by atoms with Gasteiger partial charge < -0.3 is 20.3 Å². The molecule has 7 nitrogen and oxygen atoms in total. The first-order chi connectivity index (χ1) is 17.0. The molecule has 0 spiro atoms. The predicted molar refractivity (Wildman–Crippen MR) is 144 cm³/mol. The summed E-state index contributed by atoms with van der Waals surface area (Å²) in [5, 5.41) is 5.88. The average molecular weight is 502 g/mol. The number of unbranched alkanes of at least 4 members (excludes halogenated alkanes) is 2. The van der Waals surface area contributed by atoms with E-state index in [9.17, 15) is 14.4 Å². The van der Waals surface area contributed by atoms with E-state index >= 15 is 0 Å². The van der Waals surface area contributed by atoms with Crippen molar-refractivity contribution in [2.45, 2.75) is 117 Å². The van der Waals surface area contributed by atoms with Crippen molar-refractivity contribution in [1.29, 1.82) is 0 Å². The fourth-order valence-corrected chi connectivity index (χ4v) is 4.25. The first kappa shape index (κ1) is 29.7. The second-order valence-corrected chi connectivity index (χ2v) is 11.3. The van der Waals surface area contributed by atoms with E-state index in [0.717, 1.165) is 44.1 Å². The van der Waals surface area contributed by atoms with Crippen molar-refractivity contribution in [2.24, 2.45) is 5.92 Å². The number of carbonyl (C=O) groups is 3. The fourth-order valence-electron chi connectivity index (χ4n) is 4.25. The summed E-state index contributed by atoms with van der Waals surface area (Å²) in [6.07, 6.45) is 5.44. The minimum absolute atomic E-state index is 0.0233. The largest absolute Gasteiger partial charge is 0.444 e. The van der Waals surface area contributed by atoms with Crippen LogP contribution in [0.4, 0.5) is 4.79 Å². The topological polar surface area (TPSA) is 87.7 Å². The molecular weight excluding hydrogens is 454 g/mol. The molecule has 0 saturated heterocycles. The van der Waals surface area contributed by atoms with E-state index in [1.54, 1.807) is 25.7 Å². The van der Waals surface area contributed by atoms with Gasteiger partial charge in [-0.3, -0.25) is 9.59 Å². The molecule has 1 aromatic rings. The molecule has 1 fully saturated rings. The fraction of sp³-hybridized carbons (Fsp3) is 0.690. The molecule has 1 aliphatic carbocycles. The standard InChI is InChI=1S/C29H47N3O4/c1-8-10-11-18-30-26(33)25(22-14-12-21(9-2)13-15-22)32(23-16-17-23)27(34)24(19-20(3)4)31-28(35)36-29(5,6)7/h12-15,20,23-25H,8-11,16-19H2,1-7H3,(H,30,33)(H,31,35). The molecule has 1 aromatic carbocycles. The van der Waals surface area contributed by atoms with Crippen molar-refractivity contribution in [2.75, 3.05) is 6.54 Å². The highest BCUT2D eigenvalue weighted by Crippen LogP contribution is 2.36. The van der Waals surface area contributed by atoms with Crippen molar-refractivity contribution in [1.82, 2.24) is 15.5 Å². The number of amides is 3. The van der Waals surface area contributed by atoms with E-state index < -0.39 is 23.8 Å². The maximum atomic E-state index is 14.1. The van der Waals surface area contributed by atoms with E-state index in [1.165, 1.54) is 5.56 Å². The number of alkyl carbamates (subject to hydrolysis) is 1. The SMILES string of the molecule is CCCCCNC(=O)C(c1ccc(CC)cc1)N(C(=O)C(CC(C)C)NC(=O)OC(C)(C)C)C1CC1. The lowest BCUT2D eigenvalue weighted by Crippen LogP contribution is -2.54. The molecule has 3 amide bonds. The Kier molecular flexibility index (Phi) is 11.3. The van der Waals surface area contributed by atoms with Gasteiger partial charge in [0.15, 0.2) is 0 Å². The molecule has 0 aliphatic heterocycles. The van der Waals surface area contributed by atoms with Gasteiger partial charge in [-0.25, -0.2) is 4.79 Å². The Morgan fingerprint density at radius 3 is 2.19 bits per heavy atom. The smallest absolute Gasteiger partial charge is 0.408 e. The van der Waals surface area contributed by atoms with Crippen molar-refractivity contribution in [3.63, 3.8) is 0 Å². The third-order valence-electron chi connectivity index (χ3n) is 6.20. The van der Waals surface area contributed by atoms with Gasteiger partial charge in [0, 0.05) is 12.6 Å².